The van der Waals surface area contributed by atoms with Gasteiger partial charge in [-0.15, -0.1) is 0 Å². The first kappa shape index (κ1) is 74.0. The quantitative estimate of drug-likeness (QED) is 0.0228. The number of hydrogen-bond donors (Lipinski definition) is 3. The number of carboxylic acids is 1. The summed E-state index contributed by atoms with van der Waals surface area (Å²) in [5, 5.41) is 31.6. The zero-order valence-corrected chi connectivity index (χ0v) is 50.9. The van der Waals surface area contributed by atoms with Crippen LogP contribution in [0.5, 0.6) is 0 Å². The number of carboxylic acid groups (broad SMARTS) is 1. The van der Waals surface area contributed by atoms with E-state index < -0.39 is 67.3 Å². The molecule has 3 N–H and O–H groups in total. The van der Waals surface area contributed by atoms with Crippen LogP contribution in [-0.2, 0) is 42.9 Å². The molecular formula is C67H120O12. The van der Waals surface area contributed by atoms with E-state index in [2.05, 4.69) is 57.2 Å². The first-order valence-corrected chi connectivity index (χ1v) is 33.0. The third-order valence-corrected chi connectivity index (χ3v) is 15.2. The standard InChI is InChI=1S/C67H120O12/c1-4-7-10-13-16-19-22-25-28-29-30-31-34-35-38-41-44-47-50-53-59(68)75-56-58(77-60(69)54-51-48-45-42-39-36-32-26-23-20-17-14-11-8-5-2)57-76-67-65(63(72)62(71)64(79-67)66(73)74)78-61(70)55-52-49-46-43-40-37-33-27-24-21-18-15-12-9-6-3/h17,20,25-26,28,32,58,62-65,67,71-72H,4-16,18-19,21-24,27,29-31,33-57H2,1-3H3,(H,73,74)/b20-17-,28-25-,32-26-. The number of allylic oxidation sites excluding steroid dienone is 6. The number of rotatable bonds is 57. The predicted molar refractivity (Wildman–Crippen MR) is 322 cm³/mol. The second-order valence-corrected chi connectivity index (χ2v) is 22.8. The number of aliphatic carboxylic acids is 1. The van der Waals surface area contributed by atoms with Gasteiger partial charge in [-0.05, 0) is 77.0 Å². The maximum absolute atomic E-state index is 13.2. The molecule has 1 heterocycles. The minimum absolute atomic E-state index is 0.0642. The Morgan fingerprint density at radius 2 is 0.759 bits per heavy atom. The van der Waals surface area contributed by atoms with E-state index in [4.69, 9.17) is 23.7 Å². The van der Waals surface area contributed by atoms with Crippen molar-refractivity contribution < 1.29 is 58.2 Å². The van der Waals surface area contributed by atoms with Gasteiger partial charge in [-0.2, -0.15) is 0 Å². The lowest BCUT2D eigenvalue weighted by atomic mass is 9.98. The van der Waals surface area contributed by atoms with E-state index in [-0.39, 0.29) is 25.9 Å². The number of unbranched alkanes of at least 4 members (excludes halogenated alkanes) is 37. The fraction of sp³-hybridized carbons (Fsp3) is 0.851. The molecule has 1 aliphatic rings. The Morgan fingerprint density at radius 3 is 1.18 bits per heavy atom. The molecule has 12 heteroatoms. The fourth-order valence-corrected chi connectivity index (χ4v) is 10.1. The minimum atomic E-state index is -1.90. The smallest absolute Gasteiger partial charge is 0.335 e. The van der Waals surface area contributed by atoms with Crippen molar-refractivity contribution in [1.29, 1.82) is 0 Å². The molecule has 1 fully saturated rings. The van der Waals surface area contributed by atoms with E-state index in [1.54, 1.807) is 0 Å². The molecule has 12 nitrogen and oxygen atoms in total. The predicted octanol–water partition coefficient (Wildman–Crippen LogP) is 17.6. The molecule has 0 bridgehead atoms. The molecule has 0 aromatic heterocycles. The average molecular weight is 1120 g/mol. The summed E-state index contributed by atoms with van der Waals surface area (Å²) < 4.78 is 28.5. The van der Waals surface area contributed by atoms with Crippen molar-refractivity contribution in [2.75, 3.05) is 13.2 Å². The molecule has 6 unspecified atom stereocenters. The van der Waals surface area contributed by atoms with Gasteiger partial charge in [-0.3, -0.25) is 14.4 Å². The highest BCUT2D eigenvalue weighted by atomic mass is 16.7. The molecule has 0 aliphatic carbocycles. The molecule has 1 rings (SSSR count). The molecule has 1 aliphatic heterocycles. The largest absolute Gasteiger partial charge is 0.479 e. The Kier molecular flexibility index (Phi) is 51.9. The van der Waals surface area contributed by atoms with Gasteiger partial charge in [0.05, 0.1) is 6.61 Å². The second kappa shape index (κ2) is 55.5. The van der Waals surface area contributed by atoms with Crippen molar-refractivity contribution in [3.63, 3.8) is 0 Å². The Labute approximate surface area is 482 Å². The molecule has 0 radical (unpaired) electrons. The lowest BCUT2D eigenvalue weighted by Gasteiger charge is -2.40. The van der Waals surface area contributed by atoms with Crippen molar-refractivity contribution in [2.24, 2.45) is 0 Å². The Balaban J connectivity index is 2.64. The van der Waals surface area contributed by atoms with Crippen molar-refractivity contribution in [3.8, 4) is 0 Å². The van der Waals surface area contributed by atoms with Crippen LogP contribution in [0.4, 0.5) is 0 Å². The maximum atomic E-state index is 13.2. The summed E-state index contributed by atoms with van der Waals surface area (Å²) in [4.78, 5) is 51.3. The van der Waals surface area contributed by atoms with Crippen molar-refractivity contribution in [2.45, 2.75) is 353 Å². The minimum Gasteiger partial charge on any atom is -0.479 e. The first-order chi connectivity index (χ1) is 38.6. The topological polar surface area (TPSA) is 175 Å². The van der Waals surface area contributed by atoms with Crippen LogP contribution in [0.2, 0.25) is 0 Å². The zero-order chi connectivity index (χ0) is 57.5. The SMILES string of the molecule is CCCCC/C=C\C/C=C\CCCCCCCC(=O)OC(COC(=O)CCCCCCCCCCC/C=C\CCCCCCCC)COC1OC(C(=O)O)C(O)C(O)C1OC(=O)CCCCCCCCCCCCCCCCC. The van der Waals surface area contributed by atoms with Gasteiger partial charge in [-0.25, -0.2) is 4.79 Å². The van der Waals surface area contributed by atoms with Gasteiger partial charge in [0.25, 0.3) is 0 Å². The summed E-state index contributed by atoms with van der Waals surface area (Å²) >= 11 is 0. The summed E-state index contributed by atoms with van der Waals surface area (Å²) in [5.41, 5.74) is 0. The molecule has 1 saturated heterocycles. The zero-order valence-electron chi connectivity index (χ0n) is 50.9. The number of carbonyl (C=O) groups excluding carboxylic acids is 3. The average Bonchev–Trinajstić information content (AvgIpc) is 3.46. The van der Waals surface area contributed by atoms with Crippen LogP contribution >= 0.6 is 0 Å². The number of aliphatic hydroxyl groups excluding tert-OH is 2. The van der Waals surface area contributed by atoms with E-state index in [0.29, 0.717) is 19.3 Å². The van der Waals surface area contributed by atoms with Crippen molar-refractivity contribution in [3.05, 3.63) is 36.5 Å². The van der Waals surface area contributed by atoms with Gasteiger partial charge >= 0.3 is 23.9 Å². The number of carbonyl (C=O) groups is 4. The molecule has 0 saturated carbocycles. The van der Waals surface area contributed by atoms with Gasteiger partial charge in [0.1, 0.15) is 18.8 Å². The number of hydrogen-bond acceptors (Lipinski definition) is 11. The molecule has 0 aromatic carbocycles. The van der Waals surface area contributed by atoms with Crippen LogP contribution < -0.4 is 0 Å². The number of aliphatic hydroxyl groups is 2. The molecule has 79 heavy (non-hydrogen) atoms. The lowest BCUT2D eigenvalue weighted by molar-refractivity contribution is -0.301. The van der Waals surface area contributed by atoms with Crippen LogP contribution in [0.3, 0.4) is 0 Å². The van der Waals surface area contributed by atoms with Crippen LogP contribution in [0.25, 0.3) is 0 Å². The molecule has 0 amide bonds. The van der Waals surface area contributed by atoms with E-state index >= 15 is 0 Å². The highest BCUT2D eigenvalue weighted by Crippen LogP contribution is 2.27. The highest BCUT2D eigenvalue weighted by Gasteiger charge is 2.50. The summed E-state index contributed by atoms with van der Waals surface area (Å²) in [6.45, 7) is 6.00. The molecule has 6 atom stereocenters. The van der Waals surface area contributed by atoms with E-state index in [1.165, 1.54) is 173 Å². The Hall–Kier alpha value is -3.06. The number of ether oxygens (including phenoxy) is 5. The lowest BCUT2D eigenvalue weighted by Crippen LogP contribution is -2.61. The fourth-order valence-electron chi connectivity index (χ4n) is 10.1. The van der Waals surface area contributed by atoms with Crippen LogP contribution in [0.1, 0.15) is 316 Å². The Morgan fingerprint density at radius 1 is 0.418 bits per heavy atom. The van der Waals surface area contributed by atoms with Crippen LogP contribution in [-0.4, -0.2) is 89.2 Å². The van der Waals surface area contributed by atoms with Crippen molar-refractivity contribution >= 4 is 23.9 Å². The summed E-state index contributed by atoms with van der Waals surface area (Å²) in [7, 11) is 0. The molecule has 460 valence electrons. The highest BCUT2D eigenvalue weighted by molar-refractivity contribution is 5.74. The molecule has 0 aromatic rings. The number of esters is 3. The van der Waals surface area contributed by atoms with Crippen LogP contribution in [0, 0.1) is 0 Å². The third-order valence-electron chi connectivity index (χ3n) is 15.2. The van der Waals surface area contributed by atoms with E-state index in [1.807, 2.05) is 0 Å². The summed E-state index contributed by atoms with van der Waals surface area (Å²) in [6, 6.07) is 0. The first-order valence-electron chi connectivity index (χ1n) is 33.0. The van der Waals surface area contributed by atoms with E-state index in [9.17, 15) is 34.5 Å². The van der Waals surface area contributed by atoms with Gasteiger partial charge in [0, 0.05) is 19.3 Å². The second-order valence-electron chi connectivity index (χ2n) is 22.8. The van der Waals surface area contributed by atoms with Crippen molar-refractivity contribution in [1.82, 2.24) is 0 Å². The van der Waals surface area contributed by atoms with Gasteiger partial charge in [0.2, 0.25) is 0 Å². The summed E-state index contributed by atoms with van der Waals surface area (Å²) in [6.07, 6.45) is 53.9. The third kappa shape index (κ3) is 45.2. The van der Waals surface area contributed by atoms with Crippen LogP contribution in [0.15, 0.2) is 36.5 Å². The maximum Gasteiger partial charge on any atom is 0.335 e. The normalized spacial score (nSPS) is 18.0. The monoisotopic (exact) mass is 1120 g/mol. The van der Waals surface area contributed by atoms with Gasteiger partial charge in [-0.1, -0.05) is 256 Å². The summed E-state index contributed by atoms with van der Waals surface area (Å²) in [5.74, 6) is -3.11. The molecule has 0 spiro atoms. The van der Waals surface area contributed by atoms with Gasteiger partial charge in [0.15, 0.2) is 24.6 Å². The Bertz CT molecular complexity index is 1510. The van der Waals surface area contributed by atoms with Gasteiger partial charge < -0.3 is 39.0 Å². The molecular weight excluding hydrogens is 997 g/mol. The van der Waals surface area contributed by atoms with E-state index in [0.717, 1.165) is 83.5 Å².